The topological polar surface area (TPSA) is 22.0 Å². The number of nitrogens with zero attached hydrogens (tertiary/aromatic N) is 1. The molecule has 0 aliphatic rings. The molecule has 0 aliphatic heterocycles. The van der Waals surface area contributed by atoms with Gasteiger partial charge in [0, 0.05) is 18.0 Å². The fourth-order valence-electron chi connectivity index (χ4n) is 1.88. The van der Waals surface area contributed by atoms with E-state index in [1.54, 1.807) is 10.6 Å². The normalized spacial score (nSPS) is 10.4. The van der Waals surface area contributed by atoms with Crippen LogP contribution >= 0.6 is 0 Å². The Morgan fingerprint density at radius 1 is 0.875 bits per heavy atom. The minimum atomic E-state index is 0.00981. The Morgan fingerprint density at radius 2 is 1.50 bits per heavy atom. The van der Waals surface area contributed by atoms with Crippen molar-refractivity contribution in [3.8, 4) is 5.69 Å². The summed E-state index contributed by atoms with van der Waals surface area (Å²) in [7, 11) is 0. The number of rotatable bonds is 1. The molecule has 1 aromatic heterocycles. The Balaban J connectivity index is 2.67. The van der Waals surface area contributed by atoms with Crippen LogP contribution in [0.2, 0.25) is 0 Å². The van der Waals surface area contributed by atoms with E-state index in [4.69, 9.17) is 0 Å². The van der Waals surface area contributed by atoms with Crippen molar-refractivity contribution in [3.05, 3.63) is 63.6 Å². The molecule has 0 aliphatic carbocycles. The van der Waals surface area contributed by atoms with E-state index in [1.807, 2.05) is 45.2 Å². The first kappa shape index (κ1) is 10.7. The van der Waals surface area contributed by atoms with Gasteiger partial charge >= 0.3 is 0 Å². The molecule has 0 spiro atoms. The van der Waals surface area contributed by atoms with Gasteiger partial charge in [-0.05, 0) is 49.6 Å². The van der Waals surface area contributed by atoms with Crippen LogP contribution in [0, 0.1) is 20.8 Å². The van der Waals surface area contributed by atoms with Crippen LogP contribution < -0.4 is 5.56 Å². The first-order valence-corrected chi connectivity index (χ1v) is 5.34. The highest BCUT2D eigenvalue weighted by Crippen LogP contribution is 2.12. The minimum absolute atomic E-state index is 0.00981. The average molecular weight is 213 g/mol. The van der Waals surface area contributed by atoms with Crippen molar-refractivity contribution in [1.82, 2.24) is 4.57 Å². The lowest BCUT2D eigenvalue weighted by Crippen LogP contribution is -2.16. The van der Waals surface area contributed by atoms with Crippen LogP contribution in [-0.4, -0.2) is 4.57 Å². The van der Waals surface area contributed by atoms with Crippen molar-refractivity contribution >= 4 is 0 Å². The fraction of sp³-hybridized carbons (Fsp3) is 0.214. The lowest BCUT2D eigenvalue weighted by molar-refractivity contribution is 0.971. The van der Waals surface area contributed by atoms with Gasteiger partial charge in [0.1, 0.15) is 0 Å². The average Bonchev–Trinajstić information content (AvgIpc) is 2.20. The van der Waals surface area contributed by atoms with E-state index in [1.165, 1.54) is 11.1 Å². The Kier molecular flexibility index (Phi) is 2.65. The number of hydrogen-bond donors (Lipinski definition) is 0. The molecule has 0 amide bonds. The van der Waals surface area contributed by atoms with Gasteiger partial charge in [-0.3, -0.25) is 9.36 Å². The quantitative estimate of drug-likeness (QED) is 0.714. The van der Waals surface area contributed by atoms with Crippen LogP contribution in [0.1, 0.15) is 16.7 Å². The molecule has 2 aromatic rings. The molecule has 0 saturated heterocycles. The number of pyridine rings is 1. The molecular weight excluding hydrogens is 198 g/mol. The maximum Gasteiger partial charge on any atom is 0.255 e. The number of aromatic nitrogens is 1. The molecule has 2 heteroatoms. The van der Waals surface area contributed by atoms with Crippen molar-refractivity contribution in [3.63, 3.8) is 0 Å². The molecule has 16 heavy (non-hydrogen) atoms. The summed E-state index contributed by atoms with van der Waals surface area (Å²) >= 11 is 0. The van der Waals surface area contributed by atoms with Crippen molar-refractivity contribution in [1.29, 1.82) is 0 Å². The van der Waals surface area contributed by atoms with E-state index < -0.39 is 0 Å². The molecule has 0 fully saturated rings. The van der Waals surface area contributed by atoms with Crippen molar-refractivity contribution in [2.75, 3.05) is 0 Å². The zero-order valence-corrected chi connectivity index (χ0v) is 9.82. The van der Waals surface area contributed by atoms with Crippen molar-refractivity contribution in [2.24, 2.45) is 0 Å². The summed E-state index contributed by atoms with van der Waals surface area (Å²) in [5.74, 6) is 0. The summed E-state index contributed by atoms with van der Waals surface area (Å²) < 4.78 is 1.69. The van der Waals surface area contributed by atoms with E-state index in [2.05, 4.69) is 6.07 Å². The van der Waals surface area contributed by atoms with E-state index >= 15 is 0 Å². The number of hydrogen-bond acceptors (Lipinski definition) is 1. The van der Waals surface area contributed by atoms with Crippen LogP contribution in [0.5, 0.6) is 0 Å². The highest BCUT2D eigenvalue weighted by molar-refractivity contribution is 5.40. The second-order valence-corrected chi connectivity index (χ2v) is 4.26. The highest BCUT2D eigenvalue weighted by Gasteiger charge is 2.01. The summed E-state index contributed by atoms with van der Waals surface area (Å²) in [6.07, 6.45) is 1.87. The molecular formula is C14H15NO. The Labute approximate surface area is 95.2 Å². The van der Waals surface area contributed by atoms with Crippen LogP contribution in [0.3, 0.4) is 0 Å². The monoisotopic (exact) mass is 213 g/mol. The molecule has 0 N–H and O–H groups in total. The Morgan fingerprint density at radius 3 is 2.12 bits per heavy atom. The number of benzene rings is 1. The molecule has 0 atom stereocenters. The van der Waals surface area contributed by atoms with Crippen molar-refractivity contribution < 1.29 is 0 Å². The highest BCUT2D eigenvalue weighted by atomic mass is 16.1. The van der Waals surface area contributed by atoms with Gasteiger partial charge in [-0.2, -0.15) is 0 Å². The summed E-state index contributed by atoms with van der Waals surface area (Å²) in [5, 5.41) is 0. The molecule has 1 heterocycles. The molecule has 0 radical (unpaired) electrons. The maximum atomic E-state index is 11.8. The van der Waals surface area contributed by atoms with Crippen LogP contribution in [0.4, 0.5) is 0 Å². The predicted molar refractivity (Wildman–Crippen MR) is 66.3 cm³/mol. The van der Waals surface area contributed by atoms with Crippen molar-refractivity contribution in [2.45, 2.75) is 20.8 Å². The standard InChI is InChI=1S/C14H15NO/c1-10-4-5-14(16)15(9-10)13-7-11(2)6-12(3)8-13/h4-9H,1-3H3. The van der Waals surface area contributed by atoms with Crippen LogP contribution in [0.15, 0.2) is 41.3 Å². The minimum Gasteiger partial charge on any atom is -0.284 e. The molecule has 2 rings (SSSR count). The summed E-state index contributed by atoms with van der Waals surface area (Å²) in [6, 6.07) is 9.58. The van der Waals surface area contributed by atoms with Gasteiger partial charge in [-0.15, -0.1) is 0 Å². The summed E-state index contributed by atoms with van der Waals surface area (Å²) in [6.45, 7) is 6.06. The van der Waals surface area contributed by atoms with Gasteiger partial charge in [0.15, 0.2) is 0 Å². The fourth-order valence-corrected chi connectivity index (χ4v) is 1.88. The van der Waals surface area contributed by atoms with Gasteiger partial charge in [-0.25, -0.2) is 0 Å². The molecule has 82 valence electrons. The van der Waals surface area contributed by atoms with Gasteiger partial charge < -0.3 is 0 Å². The van der Waals surface area contributed by atoms with Gasteiger partial charge in [0.25, 0.3) is 5.56 Å². The van der Waals surface area contributed by atoms with Gasteiger partial charge in [0.2, 0.25) is 0 Å². The van der Waals surface area contributed by atoms with E-state index in [9.17, 15) is 4.79 Å². The van der Waals surface area contributed by atoms with E-state index in [-0.39, 0.29) is 5.56 Å². The zero-order valence-electron chi connectivity index (χ0n) is 9.82. The van der Waals surface area contributed by atoms with Crippen LogP contribution in [0.25, 0.3) is 5.69 Å². The van der Waals surface area contributed by atoms with E-state index in [0.29, 0.717) is 0 Å². The third-order valence-corrected chi connectivity index (χ3v) is 2.54. The lowest BCUT2D eigenvalue weighted by Gasteiger charge is -2.08. The molecule has 2 nitrogen and oxygen atoms in total. The second-order valence-electron chi connectivity index (χ2n) is 4.26. The van der Waals surface area contributed by atoms with Gasteiger partial charge in [-0.1, -0.05) is 12.1 Å². The Bertz CT molecular complexity index is 561. The summed E-state index contributed by atoms with van der Waals surface area (Å²) in [4.78, 5) is 11.8. The molecule has 0 saturated carbocycles. The molecule has 0 bridgehead atoms. The lowest BCUT2D eigenvalue weighted by atomic mass is 10.1. The first-order valence-electron chi connectivity index (χ1n) is 5.34. The Hall–Kier alpha value is -1.83. The maximum absolute atomic E-state index is 11.8. The first-order chi connectivity index (χ1) is 7.56. The third kappa shape index (κ3) is 2.06. The number of aryl methyl sites for hydroxylation is 3. The van der Waals surface area contributed by atoms with Gasteiger partial charge in [0.05, 0.1) is 0 Å². The third-order valence-electron chi connectivity index (χ3n) is 2.54. The van der Waals surface area contributed by atoms with Crippen LogP contribution in [-0.2, 0) is 0 Å². The molecule has 0 unspecified atom stereocenters. The largest absolute Gasteiger partial charge is 0.284 e. The van der Waals surface area contributed by atoms with E-state index in [0.717, 1.165) is 11.3 Å². The zero-order chi connectivity index (χ0) is 11.7. The predicted octanol–water partition coefficient (Wildman–Crippen LogP) is 2.76. The molecule has 1 aromatic carbocycles. The SMILES string of the molecule is Cc1cc(C)cc(-n2cc(C)ccc2=O)c1. The second kappa shape index (κ2) is 3.97. The smallest absolute Gasteiger partial charge is 0.255 e. The summed E-state index contributed by atoms with van der Waals surface area (Å²) in [5.41, 5.74) is 4.37.